The van der Waals surface area contributed by atoms with E-state index >= 15 is 0 Å². The second-order valence-corrected chi connectivity index (χ2v) is 6.92. The predicted molar refractivity (Wildman–Crippen MR) is 86.7 cm³/mol. The van der Waals surface area contributed by atoms with E-state index in [1.54, 1.807) is 6.07 Å². The Morgan fingerprint density at radius 3 is 2.76 bits per heavy atom. The van der Waals surface area contributed by atoms with E-state index in [-0.39, 0.29) is 16.4 Å². The van der Waals surface area contributed by atoms with Crippen molar-refractivity contribution in [2.75, 3.05) is 18.0 Å². The number of nitrogens with zero attached hydrogens (tertiary/aromatic N) is 1. The van der Waals surface area contributed by atoms with Crippen LogP contribution in [-0.4, -0.2) is 24.7 Å². The highest BCUT2D eigenvalue weighted by Crippen LogP contribution is 2.35. The lowest BCUT2D eigenvalue weighted by molar-refractivity contribution is 0.196. The number of rotatable bonds is 2. The largest absolute Gasteiger partial charge is 0.365 e. The minimum absolute atomic E-state index is 0.221. The maximum atomic E-state index is 13.4. The van der Waals surface area contributed by atoms with Crippen molar-refractivity contribution in [2.45, 2.75) is 57.0 Å². The molecule has 2 aliphatic rings. The molecule has 3 rings (SSSR count). The number of anilines is 1. The molecule has 1 aromatic rings. The van der Waals surface area contributed by atoms with Gasteiger partial charge in [-0.1, -0.05) is 37.8 Å². The topological polar surface area (TPSA) is 15.3 Å². The summed E-state index contributed by atoms with van der Waals surface area (Å²) < 4.78 is 13.4. The van der Waals surface area contributed by atoms with Crippen molar-refractivity contribution in [2.24, 2.45) is 0 Å². The van der Waals surface area contributed by atoms with E-state index in [1.165, 1.54) is 38.2 Å². The first-order valence-corrected chi connectivity index (χ1v) is 8.48. The van der Waals surface area contributed by atoms with Gasteiger partial charge in [-0.05, 0) is 37.5 Å². The van der Waals surface area contributed by atoms with Crippen molar-refractivity contribution in [1.82, 2.24) is 5.32 Å². The number of piperazine rings is 1. The van der Waals surface area contributed by atoms with Gasteiger partial charge in [0.2, 0.25) is 0 Å². The van der Waals surface area contributed by atoms with E-state index < -0.39 is 0 Å². The molecule has 4 heteroatoms. The first kappa shape index (κ1) is 15.1. The average Bonchev–Trinajstić information content (AvgIpc) is 2.51. The Kier molecular flexibility index (Phi) is 4.41. The highest BCUT2D eigenvalue weighted by Gasteiger charge is 2.39. The van der Waals surface area contributed by atoms with Crippen LogP contribution in [0.2, 0.25) is 5.02 Å². The molecule has 1 saturated carbocycles. The van der Waals surface area contributed by atoms with Gasteiger partial charge in [0.1, 0.15) is 5.82 Å². The highest BCUT2D eigenvalue weighted by atomic mass is 35.5. The standard InChI is InChI=1S/C17H24ClFN2/c1-2-13-11-20-17(8-4-3-5-9-17)12-21(13)14-6-7-16(19)15(18)10-14/h6-7,10,13,20H,2-5,8-9,11-12H2,1H3. The predicted octanol–water partition coefficient (Wildman–Crippen LogP) is 4.37. The lowest BCUT2D eigenvalue weighted by atomic mass is 9.79. The van der Waals surface area contributed by atoms with Gasteiger partial charge in [-0.3, -0.25) is 0 Å². The van der Waals surface area contributed by atoms with Gasteiger partial charge in [0.05, 0.1) is 5.02 Å². The van der Waals surface area contributed by atoms with Gasteiger partial charge in [-0.25, -0.2) is 4.39 Å². The minimum Gasteiger partial charge on any atom is -0.365 e. The van der Waals surface area contributed by atoms with Crippen LogP contribution in [0.1, 0.15) is 45.4 Å². The summed E-state index contributed by atoms with van der Waals surface area (Å²) in [5, 5.41) is 4.03. The molecule has 1 aliphatic carbocycles. The van der Waals surface area contributed by atoms with E-state index in [0.29, 0.717) is 6.04 Å². The molecule has 2 nitrogen and oxygen atoms in total. The maximum absolute atomic E-state index is 13.4. The van der Waals surface area contributed by atoms with Crippen molar-refractivity contribution in [1.29, 1.82) is 0 Å². The summed E-state index contributed by atoms with van der Waals surface area (Å²) in [5.74, 6) is -0.337. The molecule has 1 saturated heterocycles. The molecule has 0 bridgehead atoms. The Balaban J connectivity index is 1.86. The zero-order valence-corrected chi connectivity index (χ0v) is 13.4. The molecule has 1 aliphatic heterocycles. The fraction of sp³-hybridized carbons (Fsp3) is 0.647. The smallest absolute Gasteiger partial charge is 0.141 e. The summed E-state index contributed by atoms with van der Waals surface area (Å²) >= 11 is 5.98. The number of halogens is 2. The third kappa shape index (κ3) is 3.04. The maximum Gasteiger partial charge on any atom is 0.141 e. The van der Waals surface area contributed by atoms with Crippen LogP contribution in [0, 0.1) is 5.82 Å². The second-order valence-electron chi connectivity index (χ2n) is 6.51. The highest BCUT2D eigenvalue weighted by molar-refractivity contribution is 6.31. The molecule has 1 aromatic carbocycles. The Labute approximate surface area is 131 Å². The van der Waals surface area contributed by atoms with Crippen molar-refractivity contribution in [3.8, 4) is 0 Å². The van der Waals surface area contributed by atoms with Gasteiger partial charge < -0.3 is 10.2 Å². The Morgan fingerprint density at radius 2 is 2.10 bits per heavy atom. The van der Waals surface area contributed by atoms with Gasteiger partial charge in [0, 0.05) is 30.4 Å². The Bertz CT molecular complexity index is 500. The van der Waals surface area contributed by atoms with Crippen LogP contribution in [0.4, 0.5) is 10.1 Å². The molecule has 1 unspecified atom stereocenters. The van der Waals surface area contributed by atoms with Crippen LogP contribution < -0.4 is 10.2 Å². The van der Waals surface area contributed by atoms with Crippen LogP contribution in [0.15, 0.2) is 18.2 Å². The molecule has 0 aromatic heterocycles. The molecule has 0 amide bonds. The van der Waals surface area contributed by atoms with Crippen LogP contribution in [0.5, 0.6) is 0 Å². The normalized spacial score (nSPS) is 25.3. The van der Waals surface area contributed by atoms with Crippen molar-refractivity contribution in [3.63, 3.8) is 0 Å². The summed E-state index contributed by atoms with van der Waals surface area (Å²) in [4.78, 5) is 2.44. The van der Waals surface area contributed by atoms with Crippen molar-refractivity contribution in [3.05, 3.63) is 29.0 Å². The third-order valence-electron chi connectivity index (χ3n) is 5.14. The van der Waals surface area contributed by atoms with E-state index in [0.717, 1.165) is 25.2 Å². The zero-order chi connectivity index (χ0) is 14.9. The van der Waals surface area contributed by atoms with E-state index in [9.17, 15) is 4.39 Å². The lowest BCUT2D eigenvalue weighted by Gasteiger charge is -2.50. The molecule has 0 radical (unpaired) electrons. The molecule has 1 N–H and O–H groups in total. The summed E-state index contributed by atoms with van der Waals surface area (Å²) in [6, 6.07) is 5.59. The first-order chi connectivity index (χ1) is 10.1. The lowest BCUT2D eigenvalue weighted by Crippen LogP contribution is -2.65. The zero-order valence-electron chi connectivity index (χ0n) is 12.7. The van der Waals surface area contributed by atoms with Gasteiger partial charge in [0.15, 0.2) is 0 Å². The fourth-order valence-electron chi connectivity index (χ4n) is 3.85. The molecule has 1 spiro atoms. The third-order valence-corrected chi connectivity index (χ3v) is 5.43. The van der Waals surface area contributed by atoms with Crippen LogP contribution in [0.3, 0.4) is 0 Å². The molecule has 1 heterocycles. The summed E-state index contributed by atoms with van der Waals surface area (Å²) in [7, 11) is 0. The van der Waals surface area contributed by atoms with Gasteiger partial charge in [-0.15, -0.1) is 0 Å². The number of nitrogens with one attached hydrogen (secondary N) is 1. The Hall–Kier alpha value is -0.800. The van der Waals surface area contributed by atoms with E-state index in [1.807, 2.05) is 6.07 Å². The number of hydrogen-bond acceptors (Lipinski definition) is 2. The Morgan fingerprint density at radius 1 is 1.33 bits per heavy atom. The molecule has 2 fully saturated rings. The monoisotopic (exact) mass is 310 g/mol. The summed E-state index contributed by atoms with van der Waals surface area (Å²) in [6.45, 7) is 4.22. The van der Waals surface area contributed by atoms with Crippen LogP contribution in [-0.2, 0) is 0 Å². The fourth-order valence-corrected chi connectivity index (χ4v) is 4.02. The van der Waals surface area contributed by atoms with Crippen molar-refractivity contribution < 1.29 is 4.39 Å². The number of hydrogen-bond donors (Lipinski definition) is 1. The van der Waals surface area contributed by atoms with Crippen LogP contribution in [0.25, 0.3) is 0 Å². The molecule has 116 valence electrons. The molecule has 1 atom stereocenters. The minimum atomic E-state index is -0.337. The molecular weight excluding hydrogens is 287 g/mol. The van der Waals surface area contributed by atoms with Crippen molar-refractivity contribution >= 4 is 17.3 Å². The van der Waals surface area contributed by atoms with Gasteiger partial charge in [0.25, 0.3) is 0 Å². The summed E-state index contributed by atoms with van der Waals surface area (Å²) in [6.07, 6.45) is 7.54. The first-order valence-electron chi connectivity index (χ1n) is 8.10. The quantitative estimate of drug-likeness (QED) is 0.872. The molecular formula is C17H24ClFN2. The van der Waals surface area contributed by atoms with E-state index in [2.05, 4.69) is 17.1 Å². The SMILES string of the molecule is CCC1CNC2(CCCCC2)CN1c1ccc(F)c(Cl)c1. The number of benzene rings is 1. The summed E-state index contributed by atoms with van der Waals surface area (Å²) in [5.41, 5.74) is 1.30. The van der Waals surface area contributed by atoms with Gasteiger partial charge >= 0.3 is 0 Å². The molecule has 21 heavy (non-hydrogen) atoms. The average molecular weight is 311 g/mol. The second kappa shape index (κ2) is 6.13. The van der Waals surface area contributed by atoms with Gasteiger partial charge in [-0.2, -0.15) is 0 Å². The van der Waals surface area contributed by atoms with E-state index in [4.69, 9.17) is 11.6 Å². The van der Waals surface area contributed by atoms with Crippen LogP contribution >= 0.6 is 11.6 Å².